The van der Waals surface area contributed by atoms with Crippen LogP contribution in [0.15, 0.2) is 35.0 Å². The zero-order chi connectivity index (χ0) is 23.1. The Morgan fingerprint density at radius 1 is 1.24 bits per heavy atom. The van der Waals surface area contributed by atoms with Gasteiger partial charge in [-0.05, 0) is 30.9 Å². The van der Waals surface area contributed by atoms with Crippen LogP contribution in [0, 0.1) is 13.8 Å². The third-order valence-electron chi connectivity index (χ3n) is 5.54. The molecule has 1 aliphatic heterocycles. The number of aromatic carboxylic acids is 1. The molecule has 2 N–H and O–H groups in total. The highest BCUT2D eigenvalue weighted by atomic mass is 32.1. The van der Waals surface area contributed by atoms with Crippen molar-refractivity contribution in [2.75, 3.05) is 18.4 Å². The molecule has 1 aliphatic rings. The molecule has 0 saturated carbocycles. The predicted octanol–water partition coefficient (Wildman–Crippen LogP) is 3.38. The van der Waals surface area contributed by atoms with Crippen molar-refractivity contribution < 1.29 is 19.2 Å². The number of pyridine rings is 1. The number of hydrogen-bond acceptors (Lipinski definition) is 9. The molecule has 168 valence electrons. The highest BCUT2D eigenvalue weighted by Crippen LogP contribution is 2.28. The van der Waals surface area contributed by atoms with Crippen LogP contribution in [0.1, 0.15) is 37.5 Å². The van der Waals surface area contributed by atoms with Gasteiger partial charge in [0, 0.05) is 43.2 Å². The van der Waals surface area contributed by atoms with Gasteiger partial charge < -0.3 is 19.8 Å². The Balaban J connectivity index is 1.34. The van der Waals surface area contributed by atoms with Gasteiger partial charge in [0.25, 0.3) is 5.91 Å². The number of anilines is 1. The van der Waals surface area contributed by atoms with Gasteiger partial charge >= 0.3 is 5.97 Å². The molecule has 10 nitrogen and oxygen atoms in total. The minimum atomic E-state index is -1.07. The van der Waals surface area contributed by atoms with Gasteiger partial charge in [0.15, 0.2) is 5.01 Å². The molecule has 3 aromatic heterocycles. The number of fused-ring (bicyclic) bond motifs is 1. The number of carboxylic acid groups (broad SMARTS) is 1. The standard InChI is InChI=1S/C22H20N6O4S/c1-11-17(22(30)31)33-20(24-11)21(29)28-8-6-15(10-28)26-19-16-9-14(18-25-12(2)32-27-18)4-3-13(16)5-7-23-19/h3-5,7,9,15H,6,8,10H2,1-2H3,(H,23,26)(H,30,31). The Labute approximate surface area is 192 Å². The van der Waals surface area contributed by atoms with Gasteiger partial charge in [-0.15, -0.1) is 11.3 Å². The zero-order valence-corrected chi connectivity index (χ0v) is 18.7. The van der Waals surface area contributed by atoms with Gasteiger partial charge in [-0.25, -0.2) is 14.8 Å². The van der Waals surface area contributed by atoms with Crippen molar-refractivity contribution in [3.05, 3.63) is 51.9 Å². The Hall–Kier alpha value is -3.86. The fraction of sp³-hybridized carbons (Fsp3) is 0.273. The van der Waals surface area contributed by atoms with Crippen LogP contribution >= 0.6 is 11.3 Å². The second-order valence-electron chi connectivity index (χ2n) is 7.85. The molecule has 4 heterocycles. The van der Waals surface area contributed by atoms with Gasteiger partial charge in [-0.1, -0.05) is 17.3 Å². The molecule has 5 rings (SSSR count). The number of rotatable bonds is 5. The molecule has 1 aromatic carbocycles. The third-order valence-corrected chi connectivity index (χ3v) is 6.68. The summed E-state index contributed by atoms with van der Waals surface area (Å²) in [5.74, 6) is 0.410. The van der Waals surface area contributed by atoms with E-state index < -0.39 is 5.97 Å². The second-order valence-corrected chi connectivity index (χ2v) is 8.85. The van der Waals surface area contributed by atoms with Crippen molar-refractivity contribution in [2.24, 2.45) is 0 Å². The smallest absolute Gasteiger partial charge is 0.347 e. The minimum Gasteiger partial charge on any atom is -0.477 e. The number of nitrogens with zero attached hydrogens (tertiary/aromatic N) is 5. The van der Waals surface area contributed by atoms with Crippen LogP contribution in [-0.2, 0) is 0 Å². The van der Waals surface area contributed by atoms with Crippen molar-refractivity contribution >= 4 is 39.8 Å². The number of likely N-dealkylation sites (tertiary alicyclic amines) is 1. The zero-order valence-electron chi connectivity index (χ0n) is 17.9. The van der Waals surface area contributed by atoms with Crippen molar-refractivity contribution in [1.82, 2.24) is 25.0 Å². The molecule has 11 heteroatoms. The number of aryl methyl sites for hydroxylation is 2. The van der Waals surface area contributed by atoms with E-state index in [-0.39, 0.29) is 21.8 Å². The summed E-state index contributed by atoms with van der Waals surface area (Å²) in [6.45, 7) is 4.37. The maximum absolute atomic E-state index is 12.9. The summed E-state index contributed by atoms with van der Waals surface area (Å²) in [6, 6.07) is 7.83. The maximum atomic E-state index is 12.9. The van der Waals surface area contributed by atoms with Crippen LogP contribution in [0.3, 0.4) is 0 Å². The molecular weight excluding hydrogens is 444 g/mol. The van der Waals surface area contributed by atoms with Crippen LogP contribution in [-0.4, -0.2) is 61.1 Å². The highest BCUT2D eigenvalue weighted by Gasteiger charge is 2.30. The summed E-state index contributed by atoms with van der Waals surface area (Å²) in [6.07, 6.45) is 2.48. The van der Waals surface area contributed by atoms with Crippen molar-refractivity contribution in [3.63, 3.8) is 0 Å². The lowest BCUT2D eigenvalue weighted by Crippen LogP contribution is -2.31. The molecule has 1 fully saturated rings. The molecule has 33 heavy (non-hydrogen) atoms. The van der Waals surface area contributed by atoms with E-state index in [2.05, 4.69) is 25.4 Å². The van der Waals surface area contributed by atoms with Crippen LogP contribution in [0.2, 0.25) is 0 Å². The number of carboxylic acids is 1. The number of nitrogens with one attached hydrogen (secondary N) is 1. The Morgan fingerprint density at radius 3 is 2.82 bits per heavy atom. The van der Waals surface area contributed by atoms with E-state index >= 15 is 0 Å². The molecule has 0 aliphatic carbocycles. The molecule has 4 aromatic rings. The number of benzene rings is 1. The Bertz CT molecular complexity index is 1380. The summed E-state index contributed by atoms with van der Waals surface area (Å²) in [5, 5.41) is 18.8. The van der Waals surface area contributed by atoms with E-state index in [1.165, 1.54) is 0 Å². The van der Waals surface area contributed by atoms with Crippen molar-refractivity contribution in [3.8, 4) is 11.4 Å². The number of carbonyl (C=O) groups excluding carboxylic acids is 1. The van der Waals surface area contributed by atoms with Crippen LogP contribution in [0.4, 0.5) is 5.82 Å². The fourth-order valence-electron chi connectivity index (χ4n) is 3.92. The van der Waals surface area contributed by atoms with Gasteiger partial charge in [0.1, 0.15) is 10.7 Å². The Morgan fingerprint density at radius 2 is 2.09 bits per heavy atom. The molecule has 1 unspecified atom stereocenters. The molecule has 0 radical (unpaired) electrons. The minimum absolute atomic E-state index is 0.00290. The lowest BCUT2D eigenvalue weighted by molar-refractivity contribution is 0.0700. The first-order valence-electron chi connectivity index (χ1n) is 10.3. The van der Waals surface area contributed by atoms with Crippen molar-refractivity contribution in [2.45, 2.75) is 26.3 Å². The maximum Gasteiger partial charge on any atom is 0.347 e. The summed E-state index contributed by atoms with van der Waals surface area (Å²) < 4.78 is 5.09. The molecule has 1 saturated heterocycles. The summed E-state index contributed by atoms with van der Waals surface area (Å²) in [7, 11) is 0. The second kappa shape index (κ2) is 8.24. The SMILES string of the molecule is Cc1nc(-c2ccc3ccnc(NC4CCN(C(=O)c5nc(C)c(C(=O)O)s5)C4)c3c2)no1. The van der Waals surface area contributed by atoms with Gasteiger partial charge in [-0.2, -0.15) is 4.98 Å². The molecule has 0 bridgehead atoms. The van der Waals surface area contributed by atoms with Gasteiger partial charge in [0.05, 0.1) is 5.69 Å². The van der Waals surface area contributed by atoms with Crippen LogP contribution < -0.4 is 5.32 Å². The van der Waals surface area contributed by atoms with Crippen molar-refractivity contribution in [1.29, 1.82) is 0 Å². The number of thiazole rings is 1. The number of amides is 1. The summed E-state index contributed by atoms with van der Waals surface area (Å²) in [4.78, 5) is 38.9. The number of hydrogen-bond donors (Lipinski definition) is 2. The first kappa shape index (κ1) is 21.0. The lowest BCUT2D eigenvalue weighted by atomic mass is 10.1. The van der Waals surface area contributed by atoms with Gasteiger partial charge in [0.2, 0.25) is 11.7 Å². The summed E-state index contributed by atoms with van der Waals surface area (Å²) in [5.41, 5.74) is 1.18. The molecular formula is C22H20N6O4S. The van der Waals surface area contributed by atoms with E-state index in [1.54, 1.807) is 24.9 Å². The van der Waals surface area contributed by atoms with Gasteiger partial charge in [-0.3, -0.25) is 4.79 Å². The average Bonchev–Trinajstić information content (AvgIpc) is 3.53. The third kappa shape index (κ3) is 4.02. The Kier molecular flexibility index (Phi) is 5.25. The normalized spacial score (nSPS) is 15.8. The van der Waals surface area contributed by atoms with E-state index in [1.807, 2.05) is 24.3 Å². The topological polar surface area (TPSA) is 134 Å². The average molecular weight is 465 g/mol. The lowest BCUT2D eigenvalue weighted by Gasteiger charge is -2.17. The van der Waals surface area contributed by atoms with E-state index in [4.69, 9.17) is 4.52 Å². The summed E-state index contributed by atoms with van der Waals surface area (Å²) >= 11 is 0.917. The van der Waals surface area contributed by atoms with E-state index in [0.717, 1.165) is 34.1 Å². The fourth-order valence-corrected chi connectivity index (χ4v) is 4.79. The highest BCUT2D eigenvalue weighted by molar-refractivity contribution is 7.15. The van der Waals surface area contributed by atoms with Crippen LogP contribution in [0.25, 0.3) is 22.2 Å². The first-order chi connectivity index (χ1) is 15.9. The molecule has 1 atom stereocenters. The largest absolute Gasteiger partial charge is 0.477 e. The number of carbonyl (C=O) groups is 2. The quantitative estimate of drug-likeness (QED) is 0.456. The van der Waals surface area contributed by atoms with E-state index in [0.29, 0.717) is 36.3 Å². The first-order valence-corrected chi connectivity index (χ1v) is 11.2. The molecule has 1 amide bonds. The monoisotopic (exact) mass is 464 g/mol. The molecule has 0 spiro atoms. The predicted molar refractivity (Wildman–Crippen MR) is 122 cm³/mol. The van der Waals surface area contributed by atoms with E-state index in [9.17, 15) is 14.7 Å². The van der Waals surface area contributed by atoms with Crippen LogP contribution in [0.5, 0.6) is 0 Å². The number of aromatic nitrogens is 4.